The van der Waals surface area contributed by atoms with Crippen LogP contribution in [0.4, 0.5) is 5.69 Å². The van der Waals surface area contributed by atoms with Crippen LogP contribution in [0.3, 0.4) is 0 Å². The number of carbonyl (C=O) groups is 1. The molecule has 0 spiro atoms. The maximum absolute atomic E-state index is 12.2. The zero-order chi connectivity index (χ0) is 19.8. The average Bonchev–Trinajstić information content (AvgIpc) is 2.66. The smallest absolute Gasteiger partial charge is 0.251 e. The van der Waals surface area contributed by atoms with Gasteiger partial charge in [0.15, 0.2) is 5.96 Å². The fraction of sp³-hybridized carbons (Fsp3) is 0.364. The highest BCUT2D eigenvalue weighted by Crippen LogP contribution is 2.18. The van der Waals surface area contributed by atoms with Crippen LogP contribution in [0.2, 0.25) is 0 Å². The molecule has 2 aromatic carbocycles. The molecule has 144 valence electrons. The summed E-state index contributed by atoms with van der Waals surface area (Å²) < 4.78 is 0. The molecule has 27 heavy (non-hydrogen) atoms. The van der Waals surface area contributed by atoms with Crippen molar-refractivity contribution in [3.05, 3.63) is 65.2 Å². The van der Waals surface area contributed by atoms with Gasteiger partial charge in [0.1, 0.15) is 0 Å². The quantitative estimate of drug-likeness (QED) is 0.506. The number of aliphatic imine (C=N–C) groups is 1. The van der Waals surface area contributed by atoms with Gasteiger partial charge in [-0.05, 0) is 54.7 Å². The monoisotopic (exact) mass is 366 g/mol. The predicted octanol–water partition coefficient (Wildman–Crippen LogP) is 4.27. The van der Waals surface area contributed by atoms with Gasteiger partial charge in [-0.3, -0.25) is 4.79 Å². The molecule has 1 unspecified atom stereocenters. The average molecular weight is 367 g/mol. The molecule has 2 rings (SSSR count). The molecule has 0 heterocycles. The third kappa shape index (κ3) is 6.44. The summed E-state index contributed by atoms with van der Waals surface area (Å²) in [6, 6.07) is 15.8. The molecule has 5 heteroatoms. The Morgan fingerprint density at radius 3 is 2.56 bits per heavy atom. The fourth-order valence-electron chi connectivity index (χ4n) is 2.56. The number of carbonyl (C=O) groups excluding carboxylic acids is 1. The molecule has 0 radical (unpaired) electrons. The first-order chi connectivity index (χ1) is 12.9. The van der Waals surface area contributed by atoms with Crippen LogP contribution in [0.15, 0.2) is 53.5 Å². The van der Waals surface area contributed by atoms with Crippen LogP contribution in [-0.2, 0) is 6.54 Å². The number of hydrogen-bond donors (Lipinski definition) is 3. The summed E-state index contributed by atoms with van der Waals surface area (Å²) >= 11 is 0. The predicted molar refractivity (Wildman–Crippen MR) is 113 cm³/mol. The Kier molecular flexibility index (Phi) is 7.41. The molecule has 0 saturated heterocycles. The molecule has 0 bridgehead atoms. The minimum Gasteiger partial charge on any atom is -0.370 e. The van der Waals surface area contributed by atoms with Gasteiger partial charge in [-0.25, -0.2) is 4.99 Å². The van der Waals surface area contributed by atoms with E-state index in [1.54, 1.807) is 0 Å². The highest BCUT2D eigenvalue weighted by molar-refractivity contribution is 5.94. The van der Waals surface area contributed by atoms with Gasteiger partial charge in [0, 0.05) is 17.3 Å². The zero-order valence-electron chi connectivity index (χ0n) is 16.6. The molecule has 2 aromatic rings. The molecule has 1 atom stereocenters. The minimum atomic E-state index is -0.0632. The highest BCUT2D eigenvalue weighted by Gasteiger charge is 2.09. The van der Waals surface area contributed by atoms with E-state index in [4.69, 9.17) is 5.73 Å². The number of hydrogen-bond acceptors (Lipinski definition) is 2. The number of guanidine groups is 1. The number of nitrogens with zero attached hydrogens (tertiary/aromatic N) is 1. The lowest BCUT2D eigenvalue weighted by molar-refractivity contribution is 0.0939. The van der Waals surface area contributed by atoms with E-state index in [-0.39, 0.29) is 11.9 Å². The van der Waals surface area contributed by atoms with Crippen molar-refractivity contribution in [2.45, 2.75) is 52.6 Å². The zero-order valence-corrected chi connectivity index (χ0v) is 16.6. The number of rotatable bonds is 7. The maximum atomic E-state index is 12.2. The van der Waals surface area contributed by atoms with Gasteiger partial charge < -0.3 is 16.4 Å². The van der Waals surface area contributed by atoms with E-state index in [0.717, 1.165) is 17.7 Å². The molecule has 1 amide bonds. The van der Waals surface area contributed by atoms with Gasteiger partial charge >= 0.3 is 0 Å². The first kappa shape index (κ1) is 20.5. The molecule has 0 aliphatic rings. The Bertz CT molecular complexity index is 798. The molecular weight excluding hydrogens is 336 g/mol. The van der Waals surface area contributed by atoms with E-state index in [9.17, 15) is 4.79 Å². The molecule has 0 aliphatic carbocycles. The van der Waals surface area contributed by atoms with Crippen molar-refractivity contribution in [3.8, 4) is 0 Å². The SMILES string of the molecule is CCC(C)NC(=O)c1cccc(CN=C(N)Nc2cccc(C(C)C)c2)c1. The van der Waals surface area contributed by atoms with Crippen LogP contribution < -0.4 is 16.4 Å². The van der Waals surface area contributed by atoms with Crippen LogP contribution in [0.5, 0.6) is 0 Å². The van der Waals surface area contributed by atoms with Gasteiger partial charge in [0.2, 0.25) is 0 Å². The van der Waals surface area contributed by atoms with Crippen LogP contribution in [0.1, 0.15) is 61.5 Å². The summed E-state index contributed by atoms with van der Waals surface area (Å²) in [5.41, 5.74) is 9.76. The van der Waals surface area contributed by atoms with E-state index in [0.29, 0.717) is 24.0 Å². The van der Waals surface area contributed by atoms with Gasteiger partial charge in [-0.15, -0.1) is 0 Å². The van der Waals surface area contributed by atoms with Gasteiger partial charge in [-0.1, -0.05) is 45.0 Å². The van der Waals surface area contributed by atoms with Crippen LogP contribution in [-0.4, -0.2) is 17.9 Å². The Morgan fingerprint density at radius 2 is 1.85 bits per heavy atom. The third-order valence-corrected chi connectivity index (χ3v) is 4.44. The topological polar surface area (TPSA) is 79.5 Å². The van der Waals surface area contributed by atoms with Gasteiger partial charge in [0.25, 0.3) is 5.91 Å². The van der Waals surface area contributed by atoms with Crippen molar-refractivity contribution in [2.24, 2.45) is 10.7 Å². The van der Waals surface area contributed by atoms with Crippen molar-refractivity contribution < 1.29 is 4.79 Å². The van der Waals surface area contributed by atoms with Crippen molar-refractivity contribution >= 4 is 17.6 Å². The summed E-state index contributed by atoms with van der Waals surface area (Å²) in [5, 5.41) is 6.10. The van der Waals surface area contributed by atoms with Crippen LogP contribution >= 0.6 is 0 Å². The van der Waals surface area contributed by atoms with E-state index >= 15 is 0 Å². The third-order valence-electron chi connectivity index (χ3n) is 4.44. The molecule has 0 aromatic heterocycles. The molecule has 0 fully saturated rings. The van der Waals surface area contributed by atoms with Crippen molar-refractivity contribution in [1.82, 2.24) is 5.32 Å². The summed E-state index contributed by atoms with van der Waals surface area (Å²) in [6.45, 7) is 8.75. The van der Waals surface area contributed by atoms with E-state index in [2.05, 4.69) is 41.6 Å². The number of nitrogens with two attached hydrogens (primary N) is 1. The van der Waals surface area contributed by atoms with E-state index < -0.39 is 0 Å². The molecule has 0 saturated carbocycles. The first-order valence-electron chi connectivity index (χ1n) is 9.45. The normalized spacial score (nSPS) is 12.7. The number of anilines is 1. The fourth-order valence-corrected chi connectivity index (χ4v) is 2.56. The second kappa shape index (κ2) is 9.76. The number of nitrogens with one attached hydrogen (secondary N) is 2. The summed E-state index contributed by atoms with van der Waals surface area (Å²) in [5.74, 6) is 0.742. The molecule has 5 nitrogen and oxygen atoms in total. The lowest BCUT2D eigenvalue weighted by Crippen LogP contribution is -2.31. The van der Waals surface area contributed by atoms with Crippen molar-refractivity contribution in [2.75, 3.05) is 5.32 Å². The van der Waals surface area contributed by atoms with Crippen molar-refractivity contribution in [3.63, 3.8) is 0 Å². The number of amides is 1. The summed E-state index contributed by atoms with van der Waals surface area (Å²) in [6.07, 6.45) is 0.899. The maximum Gasteiger partial charge on any atom is 0.251 e. The summed E-state index contributed by atoms with van der Waals surface area (Å²) in [4.78, 5) is 16.6. The molecule has 4 N–H and O–H groups in total. The minimum absolute atomic E-state index is 0.0632. The lowest BCUT2D eigenvalue weighted by Gasteiger charge is -2.12. The molecular formula is C22H30N4O. The van der Waals surface area contributed by atoms with Gasteiger partial charge in [0.05, 0.1) is 6.54 Å². The second-order valence-corrected chi connectivity index (χ2v) is 7.09. The Hall–Kier alpha value is -2.82. The Morgan fingerprint density at radius 1 is 1.11 bits per heavy atom. The van der Waals surface area contributed by atoms with E-state index in [1.807, 2.05) is 50.2 Å². The molecule has 0 aliphatic heterocycles. The van der Waals surface area contributed by atoms with Gasteiger partial charge in [-0.2, -0.15) is 0 Å². The van der Waals surface area contributed by atoms with Crippen LogP contribution in [0, 0.1) is 0 Å². The number of benzene rings is 2. The van der Waals surface area contributed by atoms with Crippen LogP contribution in [0.25, 0.3) is 0 Å². The standard InChI is InChI=1S/C22H30N4O/c1-5-16(4)25-21(27)19-10-6-8-17(12-19)14-24-22(23)26-20-11-7-9-18(13-20)15(2)3/h6-13,15-16H,5,14H2,1-4H3,(H,25,27)(H3,23,24,26). The summed E-state index contributed by atoms with van der Waals surface area (Å²) in [7, 11) is 0. The highest BCUT2D eigenvalue weighted by atomic mass is 16.1. The van der Waals surface area contributed by atoms with Crippen molar-refractivity contribution in [1.29, 1.82) is 0 Å². The Labute approximate surface area is 162 Å². The van der Waals surface area contributed by atoms with E-state index in [1.165, 1.54) is 5.56 Å². The first-order valence-corrected chi connectivity index (χ1v) is 9.45. The largest absolute Gasteiger partial charge is 0.370 e. The second-order valence-electron chi connectivity index (χ2n) is 7.09. The lowest BCUT2D eigenvalue weighted by atomic mass is 10.0. The Balaban J connectivity index is 2.01.